The van der Waals surface area contributed by atoms with Crippen molar-refractivity contribution in [1.82, 2.24) is 15.1 Å². The molecule has 2 N–H and O–H groups in total. The normalized spacial score (nSPS) is 26.4. The van der Waals surface area contributed by atoms with Crippen LogP contribution in [0.15, 0.2) is 0 Å². The van der Waals surface area contributed by atoms with E-state index in [9.17, 15) is 19.5 Å². The smallest absolute Gasteiger partial charge is 0.327 e. The van der Waals surface area contributed by atoms with Gasteiger partial charge in [0.15, 0.2) is 5.60 Å². The Morgan fingerprint density at radius 2 is 2.09 bits per heavy atom. The lowest BCUT2D eigenvalue weighted by Gasteiger charge is -2.46. The first kappa shape index (κ1) is 19.7. The molecule has 132 valence electrons. The maximum atomic E-state index is 12.2. The number of rotatable bonds is 7. The molecule has 23 heavy (non-hydrogen) atoms. The number of hydrogen-bond donors (Lipinski definition) is 2. The third kappa shape index (κ3) is 4.15. The molecule has 0 aromatic heterocycles. The Bertz CT molecular complexity index is 471. The summed E-state index contributed by atoms with van der Waals surface area (Å²) >= 11 is 1.56. The molecule has 0 saturated carbocycles. The molecule has 0 spiro atoms. The number of likely N-dealkylation sites (N-methyl/N-ethyl adjacent to an activating group) is 2. The second-order valence-electron chi connectivity index (χ2n) is 5.56. The fraction of sp³-hybridized carbons (Fsp3) is 0.786. The second kappa shape index (κ2) is 7.98. The number of nitrogens with zero attached hydrogens (tertiary/aromatic N) is 2. The first-order valence-corrected chi connectivity index (χ1v) is 8.76. The zero-order valence-electron chi connectivity index (χ0n) is 14.2. The summed E-state index contributed by atoms with van der Waals surface area (Å²) in [5.74, 6) is -0.494. The lowest BCUT2D eigenvalue weighted by atomic mass is 9.96. The minimum atomic E-state index is -1.85. The van der Waals surface area contributed by atoms with Crippen LogP contribution in [0.1, 0.15) is 20.3 Å². The summed E-state index contributed by atoms with van der Waals surface area (Å²) < 4.78 is 5.03. The number of urea groups is 1. The summed E-state index contributed by atoms with van der Waals surface area (Å²) in [4.78, 5) is 38.4. The first-order chi connectivity index (χ1) is 10.7. The Kier molecular flexibility index (Phi) is 6.84. The van der Waals surface area contributed by atoms with Crippen molar-refractivity contribution in [2.75, 3.05) is 32.7 Å². The van der Waals surface area contributed by atoms with E-state index in [4.69, 9.17) is 4.74 Å². The van der Waals surface area contributed by atoms with Gasteiger partial charge in [0, 0.05) is 14.1 Å². The molecule has 1 aliphatic heterocycles. The molecule has 0 aromatic carbocycles. The molecule has 1 rings (SSSR count). The molecule has 1 fully saturated rings. The highest BCUT2D eigenvalue weighted by atomic mass is 32.2. The molecule has 1 heterocycles. The summed E-state index contributed by atoms with van der Waals surface area (Å²) in [5, 5.41) is 13.5. The van der Waals surface area contributed by atoms with Crippen LogP contribution < -0.4 is 5.32 Å². The fourth-order valence-electron chi connectivity index (χ4n) is 2.48. The number of carbonyl (C=O) groups excluding carboxylic acids is 3. The number of imide groups is 1. The molecule has 9 heteroatoms. The SMILES string of the molecule is CCOC(=O)[C@H](CCSC)N[C@@H]1N(C)C(=O)N(C)C(=O)[C@]1(C)O. The van der Waals surface area contributed by atoms with Crippen LogP contribution in [0.5, 0.6) is 0 Å². The second-order valence-corrected chi connectivity index (χ2v) is 6.55. The number of carbonyl (C=O) groups is 3. The van der Waals surface area contributed by atoms with E-state index < -0.39 is 35.7 Å². The Morgan fingerprint density at radius 1 is 1.48 bits per heavy atom. The predicted octanol–water partition coefficient (Wildman–Crippen LogP) is -0.138. The molecular weight excluding hydrogens is 322 g/mol. The molecule has 3 amide bonds. The van der Waals surface area contributed by atoms with E-state index in [1.807, 2.05) is 6.26 Å². The summed E-state index contributed by atoms with van der Waals surface area (Å²) in [5.41, 5.74) is -1.85. The molecule has 0 aliphatic carbocycles. The number of esters is 1. The van der Waals surface area contributed by atoms with E-state index in [1.54, 1.807) is 18.7 Å². The molecule has 0 radical (unpaired) electrons. The fourth-order valence-corrected chi connectivity index (χ4v) is 2.95. The quantitative estimate of drug-likeness (QED) is 0.619. The third-order valence-electron chi connectivity index (χ3n) is 3.79. The van der Waals surface area contributed by atoms with Crippen molar-refractivity contribution in [2.45, 2.75) is 38.1 Å². The molecule has 1 saturated heterocycles. The van der Waals surface area contributed by atoms with Crippen LogP contribution in [0.4, 0.5) is 4.79 Å². The summed E-state index contributed by atoms with van der Waals surface area (Å²) in [6.45, 7) is 3.26. The molecular formula is C14H25N3O5S. The molecule has 0 aromatic rings. The predicted molar refractivity (Wildman–Crippen MR) is 86.9 cm³/mol. The maximum Gasteiger partial charge on any atom is 0.327 e. The molecule has 8 nitrogen and oxygen atoms in total. The van der Waals surface area contributed by atoms with Crippen LogP contribution in [0.25, 0.3) is 0 Å². The lowest BCUT2D eigenvalue weighted by molar-refractivity contribution is -0.162. The number of thioether (sulfide) groups is 1. The monoisotopic (exact) mass is 347 g/mol. The van der Waals surface area contributed by atoms with E-state index in [2.05, 4.69) is 5.32 Å². The Labute approximate surface area is 140 Å². The number of nitrogens with one attached hydrogen (secondary N) is 1. The van der Waals surface area contributed by atoms with Gasteiger partial charge in [-0.05, 0) is 32.3 Å². The van der Waals surface area contributed by atoms with Crippen LogP contribution >= 0.6 is 11.8 Å². The van der Waals surface area contributed by atoms with Crippen molar-refractivity contribution < 1.29 is 24.2 Å². The van der Waals surface area contributed by atoms with E-state index in [-0.39, 0.29) is 6.61 Å². The molecule has 0 unspecified atom stereocenters. The number of amides is 3. The molecule has 0 bridgehead atoms. The van der Waals surface area contributed by atoms with Gasteiger partial charge in [0.05, 0.1) is 6.61 Å². The van der Waals surface area contributed by atoms with E-state index in [0.717, 1.165) is 4.90 Å². The van der Waals surface area contributed by atoms with Gasteiger partial charge in [-0.25, -0.2) is 4.79 Å². The van der Waals surface area contributed by atoms with Crippen molar-refractivity contribution in [2.24, 2.45) is 0 Å². The topological polar surface area (TPSA) is 99.2 Å². The Morgan fingerprint density at radius 3 is 2.61 bits per heavy atom. The number of aliphatic hydroxyl groups is 1. The number of hydrogen-bond acceptors (Lipinski definition) is 7. The van der Waals surface area contributed by atoms with Crippen LogP contribution in [-0.2, 0) is 14.3 Å². The van der Waals surface area contributed by atoms with Crippen molar-refractivity contribution >= 4 is 29.7 Å². The third-order valence-corrected chi connectivity index (χ3v) is 4.43. The maximum absolute atomic E-state index is 12.2. The highest BCUT2D eigenvalue weighted by Crippen LogP contribution is 2.24. The van der Waals surface area contributed by atoms with Crippen molar-refractivity contribution in [3.8, 4) is 0 Å². The minimum absolute atomic E-state index is 0.230. The van der Waals surface area contributed by atoms with Crippen molar-refractivity contribution in [3.05, 3.63) is 0 Å². The van der Waals surface area contributed by atoms with Gasteiger partial charge in [-0.1, -0.05) is 0 Å². The van der Waals surface area contributed by atoms with Crippen molar-refractivity contribution in [3.63, 3.8) is 0 Å². The van der Waals surface area contributed by atoms with Gasteiger partial charge in [0.25, 0.3) is 5.91 Å². The van der Waals surface area contributed by atoms with Crippen molar-refractivity contribution in [1.29, 1.82) is 0 Å². The summed E-state index contributed by atoms with van der Waals surface area (Å²) in [6, 6.07) is -1.27. The van der Waals surface area contributed by atoms with Gasteiger partial charge in [-0.3, -0.25) is 19.8 Å². The molecule has 3 atom stereocenters. The van der Waals surface area contributed by atoms with Gasteiger partial charge in [0.2, 0.25) is 0 Å². The Balaban J connectivity index is 3.01. The average molecular weight is 347 g/mol. The van der Waals surface area contributed by atoms with Gasteiger partial charge < -0.3 is 14.7 Å². The highest BCUT2D eigenvalue weighted by Gasteiger charge is 2.52. The van der Waals surface area contributed by atoms with E-state index in [0.29, 0.717) is 12.2 Å². The zero-order valence-corrected chi connectivity index (χ0v) is 15.0. The van der Waals surface area contributed by atoms with Gasteiger partial charge >= 0.3 is 12.0 Å². The highest BCUT2D eigenvalue weighted by molar-refractivity contribution is 7.98. The average Bonchev–Trinajstić information content (AvgIpc) is 2.51. The van der Waals surface area contributed by atoms with Gasteiger partial charge in [0.1, 0.15) is 12.2 Å². The molecule has 1 aliphatic rings. The largest absolute Gasteiger partial charge is 0.465 e. The first-order valence-electron chi connectivity index (χ1n) is 7.37. The summed E-state index contributed by atoms with van der Waals surface area (Å²) in [6.07, 6.45) is 1.35. The minimum Gasteiger partial charge on any atom is -0.465 e. The van der Waals surface area contributed by atoms with Crippen LogP contribution in [0.2, 0.25) is 0 Å². The number of ether oxygens (including phenoxy) is 1. The van der Waals surface area contributed by atoms with Gasteiger partial charge in [-0.15, -0.1) is 0 Å². The summed E-state index contributed by atoms with van der Waals surface area (Å²) in [7, 11) is 2.77. The van der Waals surface area contributed by atoms with Crippen LogP contribution in [-0.4, -0.2) is 83.3 Å². The van der Waals surface area contributed by atoms with E-state index in [1.165, 1.54) is 25.9 Å². The zero-order chi connectivity index (χ0) is 17.8. The van der Waals surface area contributed by atoms with E-state index >= 15 is 0 Å². The standard InChI is InChI=1S/C14H25N3O5S/c1-6-22-10(18)9(7-8-23-5)15-11-14(2,21)12(19)17(4)13(20)16(11)3/h9,11,15,21H,6-8H2,1-5H3/t9-,11+,14+/m0/s1. The van der Waals surface area contributed by atoms with Crippen LogP contribution in [0, 0.1) is 0 Å². The lowest BCUT2D eigenvalue weighted by Crippen LogP contribution is -2.73. The Hall–Kier alpha value is -1.32. The van der Waals surface area contributed by atoms with Crippen LogP contribution in [0.3, 0.4) is 0 Å². The van der Waals surface area contributed by atoms with Gasteiger partial charge in [-0.2, -0.15) is 11.8 Å².